The van der Waals surface area contributed by atoms with Gasteiger partial charge < -0.3 is 16.0 Å². The first-order chi connectivity index (χ1) is 10.5. The SMILES string of the molecule is CCN(CC)c1ccc(CNc2cc(Cl)nc(N)n2)cc1F. The molecule has 2 rings (SSSR count). The second kappa shape index (κ2) is 7.26. The van der Waals surface area contributed by atoms with Crippen LogP contribution in [0.2, 0.25) is 5.15 Å². The van der Waals surface area contributed by atoms with Crippen molar-refractivity contribution in [3.05, 3.63) is 40.8 Å². The van der Waals surface area contributed by atoms with Crippen LogP contribution in [0.15, 0.2) is 24.3 Å². The number of anilines is 3. The maximum absolute atomic E-state index is 14.2. The summed E-state index contributed by atoms with van der Waals surface area (Å²) in [5.41, 5.74) is 6.95. The smallest absolute Gasteiger partial charge is 0.223 e. The standard InChI is InChI=1S/C15H19ClFN5/c1-3-22(4-2)12-6-5-10(7-11(12)17)9-19-14-8-13(16)20-15(18)21-14/h5-8H,3-4,9H2,1-2H3,(H3,18,19,20,21). The van der Waals surface area contributed by atoms with E-state index in [2.05, 4.69) is 15.3 Å². The number of rotatable bonds is 6. The highest BCUT2D eigenvalue weighted by atomic mass is 35.5. The van der Waals surface area contributed by atoms with Crippen molar-refractivity contribution >= 4 is 29.1 Å². The largest absolute Gasteiger partial charge is 0.370 e. The highest BCUT2D eigenvalue weighted by Crippen LogP contribution is 2.21. The molecule has 0 aliphatic heterocycles. The average Bonchev–Trinajstić information content (AvgIpc) is 2.47. The van der Waals surface area contributed by atoms with Gasteiger partial charge in [-0.3, -0.25) is 0 Å². The maximum atomic E-state index is 14.2. The number of benzene rings is 1. The zero-order chi connectivity index (χ0) is 16.1. The molecule has 0 saturated heterocycles. The van der Waals surface area contributed by atoms with Crippen LogP contribution in [0, 0.1) is 5.82 Å². The molecule has 0 unspecified atom stereocenters. The van der Waals surface area contributed by atoms with E-state index in [0.717, 1.165) is 18.7 Å². The second-order valence-electron chi connectivity index (χ2n) is 4.75. The van der Waals surface area contributed by atoms with Gasteiger partial charge in [-0.15, -0.1) is 0 Å². The van der Waals surface area contributed by atoms with Gasteiger partial charge in [0.2, 0.25) is 5.95 Å². The van der Waals surface area contributed by atoms with Crippen LogP contribution in [0.5, 0.6) is 0 Å². The zero-order valence-electron chi connectivity index (χ0n) is 12.6. The van der Waals surface area contributed by atoms with Gasteiger partial charge in [0.25, 0.3) is 0 Å². The molecule has 7 heteroatoms. The fourth-order valence-electron chi connectivity index (χ4n) is 2.20. The Balaban J connectivity index is 2.09. The van der Waals surface area contributed by atoms with E-state index in [4.69, 9.17) is 17.3 Å². The Labute approximate surface area is 134 Å². The van der Waals surface area contributed by atoms with E-state index >= 15 is 0 Å². The molecule has 0 aliphatic carbocycles. The molecular weight excluding hydrogens is 305 g/mol. The fourth-order valence-corrected chi connectivity index (χ4v) is 2.39. The Morgan fingerprint density at radius 3 is 2.55 bits per heavy atom. The molecule has 1 heterocycles. The summed E-state index contributed by atoms with van der Waals surface area (Å²) >= 11 is 5.81. The summed E-state index contributed by atoms with van der Waals surface area (Å²) in [6.45, 7) is 5.96. The van der Waals surface area contributed by atoms with Crippen LogP contribution in [0.3, 0.4) is 0 Å². The summed E-state index contributed by atoms with van der Waals surface area (Å²) in [5.74, 6) is 0.368. The minimum atomic E-state index is -0.233. The molecule has 1 aromatic heterocycles. The van der Waals surface area contributed by atoms with Crippen LogP contribution in [0.1, 0.15) is 19.4 Å². The summed E-state index contributed by atoms with van der Waals surface area (Å²) in [7, 11) is 0. The second-order valence-corrected chi connectivity index (χ2v) is 5.13. The Morgan fingerprint density at radius 1 is 1.23 bits per heavy atom. The Bertz CT molecular complexity index is 626. The molecule has 5 nitrogen and oxygen atoms in total. The monoisotopic (exact) mass is 323 g/mol. The lowest BCUT2D eigenvalue weighted by Gasteiger charge is -2.22. The van der Waals surface area contributed by atoms with E-state index in [9.17, 15) is 4.39 Å². The van der Waals surface area contributed by atoms with Crippen LogP contribution in [-0.2, 0) is 6.54 Å². The highest BCUT2D eigenvalue weighted by Gasteiger charge is 2.09. The predicted octanol–water partition coefficient (Wildman–Crippen LogP) is 3.31. The van der Waals surface area contributed by atoms with Gasteiger partial charge in [-0.25, -0.2) is 9.37 Å². The quantitative estimate of drug-likeness (QED) is 0.798. The molecule has 0 fully saturated rings. The molecule has 0 aliphatic rings. The molecule has 0 saturated carbocycles. The van der Waals surface area contributed by atoms with Gasteiger partial charge in [-0.05, 0) is 31.5 Å². The Hall–Kier alpha value is -2.08. The maximum Gasteiger partial charge on any atom is 0.223 e. The number of nitrogens with two attached hydrogens (primary N) is 1. The number of nitrogen functional groups attached to an aromatic ring is 1. The third kappa shape index (κ3) is 3.98. The predicted molar refractivity (Wildman–Crippen MR) is 88.7 cm³/mol. The molecule has 22 heavy (non-hydrogen) atoms. The van der Waals surface area contributed by atoms with Crippen LogP contribution in [-0.4, -0.2) is 23.1 Å². The van der Waals surface area contributed by atoms with Gasteiger partial charge in [0, 0.05) is 25.7 Å². The summed E-state index contributed by atoms with van der Waals surface area (Å²) < 4.78 is 14.2. The Kier molecular flexibility index (Phi) is 5.38. The highest BCUT2D eigenvalue weighted by molar-refractivity contribution is 6.29. The first kappa shape index (κ1) is 16.3. The van der Waals surface area contributed by atoms with Crippen molar-refractivity contribution < 1.29 is 4.39 Å². The molecule has 3 N–H and O–H groups in total. The van der Waals surface area contributed by atoms with E-state index in [1.807, 2.05) is 24.8 Å². The summed E-state index contributed by atoms with van der Waals surface area (Å²) in [6.07, 6.45) is 0. The number of hydrogen-bond donors (Lipinski definition) is 2. The molecule has 1 aromatic carbocycles. The van der Waals surface area contributed by atoms with Gasteiger partial charge in [0.15, 0.2) is 0 Å². The van der Waals surface area contributed by atoms with Gasteiger partial charge in [-0.2, -0.15) is 4.98 Å². The average molecular weight is 324 g/mol. The minimum Gasteiger partial charge on any atom is -0.370 e. The van der Waals surface area contributed by atoms with E-state index in [1.54, 1.807) is 12.1 Å². The van der Waals surface area contributed by atoms with E-state index in [-0.39, 0.29) is 16.9 Å². The van der Waals surface area contributed by atoms with Gasteiger partial charge in [0.05, 0.1) is 5.69 Å². The molecule has 118 valence electrons. The summed E-state index contributed by atoms with van der Waals surface area (Å²) in [6, 6.07) is 6.77. The summed E-state index contributed by atoms with van der Waals surface area (Å²) in [5, 5.41) is 3.31. The van der Waals surface area contributed by atoms with E-state index < -0.39 is 0 Å². The fraction of sp³-hybridized carbons (Fsp3) is 0.333. The number of halogens is 2. The third-order valence-corrected chi connectivity index (χ3v) is 3.50. The van der Waals surface area contributed by atoms with Crippen LogP contribution in [0.25, 0.3) is 0 Å². The Morgan fingerprint density at radius 2 is 1.95 bits per heavy atom. The summed E-state index contributed by atoms with van der Waals surface area (Å²) in [4.78, 5) is 9.76. The van der Waals surface area contributed by atoms with Crippen molar-refractivity contribution in [2.45, 2.75) is 20.4 Å². The van der Waals surface area contributed by atoms with Crippen molar-refractivity contribution in [2.75, 3.05) is 29.0 Å². The van der Waals surface area contributed by atoms with Crippen LogP contribution >= 0.6 is 11.6 Å². The van der Waals surface area contributed by atoms with Crippen LogP contribution < -0.4 is 16.0 Å². The lowest BCUT2D eigenvalue weighted by molar-refractivity contribution is 0.618. The molecule has 0 atom stereocenters. The number of hydrogen-bond acceptors (Lipinski definition) is 5. The first-order valence-electron chi connectivity index (χ1n) is 7.10. The van der Waals surface area contributed by atoms with E-state index in [1.165, 1.54) is 6.07 Å². The van der Waals surface area contributed by atoms with E-state index in [0.29, 0.717) is 18.1 Å². The van der Waals surface area contributed by atoms with Crippen molar-refractivity contribution in [1.29, 1.82) is 0 Å². The van der Waals surface area contributed by atoms with Crippen molar-refractivity contribution in [2.24, 2.45) is 0 Å². The van der Waals surface area contributed by atoms with Gasteiger partial charge >= 0.3 is 0 Å². The van der Waals surface area contributed by atoms with Gasteiger partial charge in [-0.1, -0.05) is 17.7 Å². The number of nitrogens with one attached hydrogen (secondary N) is 1. The first-order valence-corrected chi connectivity index (χ1v) is 7.48. The number of aromatic nitrogens is 2. The van der Waals surface area contributed by atoms with Crippen molar-refractivity contribution in [3.8, 4) is 0 Å². The lowest BCUT2D eigenvalue weighted by Crippen LogP contribution is -2.23. The molecule has 0 spiro atoms. The number of nitrogens with zero attached hydrogens (tertiary/aromatic N) is 3. The lowest BCUT2D eigenvalue weighted by atomic mass is 10.1. The molecule has 0 amide bonds. The van der Waals surface area contributed by atoms with Crippen molar-refractivity contribution in [3.63, 3.8) is 0 Å². The molecule has 2 aromatic rings. The molecule has 0 bridgehead atoms. The third-order valence-electron chi connectivity index (χ3n) is 3.30. The molecular formula is C15H19ClFN5. The molecule has 0 radical (unpaired) electrons. The van der Waals surface area contributed by atoms with Crippen molar-refractivity contribution in [1.82, 2.24) is 9.97 Å². The normalized spacial score (nSPS) is 10.5. The van der Waals surface area contributed by atoms with Crippen LogP contribution in [0.4, 0.5) is 21.8 Å². The zero-order valence-corrected chi connectivity index (χ0v) is 13.4. The topological polar surface area (TPSA) is 67.1 Å². The minimum absolute atomic E-state index is 0.0954. The van der Waals surface area contributed by atoms with Gasteiger partial charge in [0.1, 0.15) is 16.8 Å².